The Labute approximate surface area is 380 Å². The van der Waals surface area contributed by atoms with Gasteiger partial charge in [0.05, 0.1) is 27.7 Å². The van der Waals surface area contributed by atoms with Crippen LogP contribution in [0.5, 0.6) is 0 Å². The Balaban J connectivity index is 4.35. The monoisotopic (exact) mass is 891 g/mol. The van der Waals surface area contributed by atoms with E-state index in [1.807, 2.05) is 21.1 Å². The Morgan fingerprint density at radius 1 is 0.516 bits per heavy atom. The Morgan fingerprint density at radius 2 is 0.935 bits per heavy atom. The smallest absolute Gasteiger partial charge is 0.462 e. The second kappa shape index (κ2) is 43.7. The summed E-state index contributed by atoms with van der Waals surface area (Å²) >= 11 is 0. The standard InChI is InChI=1S/C52H92NO8P/c1-6-8-10-12-14-16-18-20-22-24-25-26-27-29-31-33-35-37-39-41-43-45-52(55)61-50(49-60-62(56,57)59-47-46-53(3,4)5)48-58-51(54)44-42-40-38-36-34-32-30-28-23-21-19-17-15-13-11-9-7-2/h9,11,15,17,20-23,30,32,36,38,50H,6-8,10,12-14,16,18-19,24-29,31,33-35,37,39-49H2,1-5H3/p+1/b11-9-,17-15-,22-20-,23-21-,32-30-,38-36-/t50-/m1/s1. The molecule has 0 saturated carbocycles. The fourth-order valence-corrected chi connectivity index (χ4v) is 7.14. The second-order valence-electron chi connectivity index (χ2n) is 17.5. The lowest BCUT2D eigenvalue weighted by Gasteiger charge is -2.24. The van der Waals surface area contributed by atoms with Crippen molar-refractivity contribution < 1.29 is 42.1 Å². The van der Waals surface area contributed by atoms with Crippen LogP contribution >= 0.6 is 7.82 Å². The molecule has 0 saturated heterocycles. The molecule has 10 heteroatoms. The van der Waals surface area contributed by atoms with Crippen LogP contribution in [0.1, 0.15) is 194 Å². The van der Waals surface area contributed by atoms with Crippen molar-refractivity contribution in [3.8, 4) is 0 Å². The van der Waals surface area contributed by atoms with Crippen LogP contribution in [0, 0.1) is 0 Å². The van der Waals surface area contributed by atoms with Crippen molar-refractivity contribution >= 4 is 19.8 Å². The van der Waals surface area contributed by atoms with Gasteiger partial charge >= 0.3 is 19.8 Å². The highest BCUT2D eigenvalue weighted by Crippen LogP contribution is 2.43. The number of phosphoric ester groups is 1. The summed E-state index contributed by atoms with van der Waals surface area (Å²) in [4.78, 5) is 35.5. The molecule has 0 rings (SSSR count). The molecule has 0 aliphatic carbocycles. The predicted molar refractivity (Wildman–Crippen MR) is 261 cm³/mol. The van der Waals surface area contributed by atoms with Crippen LogP contribution in [0.2, 0.25) is 0 Å². The minimum atomic E-state index is -4.39. The van der Waals surface area contributed by atoms with Crippen LogP contribution in [-0.2, 0) is 32.7 Å². The highest BCUT2D eigenvalue weighted by molar-refractivity contribution is 7.47. The second-order valence-corrected chi connectivity index (χ2v) is 18.9. The normalized spacial score (nSPS) is 14.1. The molecule has 9 nitrogen and oxygen atoms in total. The van der Waals surface area contributed by atoms with E-state index >= 15 is 0 Å². The number of likely N-dealkylation sites (N-methyl/N-ethyl adjacent to an activating group) is 1. The van der Waals surface area contributed by atoms with Crippen LogP contribution < -0.4 is 0 Å². The van der Waals surface area contributed by atoms with E-state index in [1.54, 1.807) is 0 Å². The van der Waals surface area contributed by atoms with Crippen molar-refractivity contribution in [3.63, 3.8) is 0 Å². The third-order valence-corrected chi connectivity index (χ3v) is 11.2. The molecule has 0 bridgehead atoms. The third-order valence-electron chi connectivity index (χ3n) is 10.2. The lowest BCUT2D eigenvalue weighted by Crippen LogP contribution is -2.37. The number of carbonyl (C=O) groups is 2. The number of unbranched alkanes of at least 4 members (excludes halogenated alkanes) is 18. The van der Waals surface area contributed by atoms with E-state index in [4.69, 9.17) is 18.5 Å². The Kier molecular flexibility index (Phi) is 41.9. The number of rotatable bonds is 44. The Hall–Kier alpha value is -2.55. The highest BCUT2D eigenvalue weighted by atomic mass is 31.2. The van der Waals surface area contributed by atoms with Crippen LogP contribution in [-0.4, -0.2) is 74.9 Å². The largest absolute Gasteiger partial charge is 0.472 e. The Morgan fingerprint density at radius 3 is 1.44 bits per heavy atom. The first-order valence-corrected chi connectivity index (χ1v) is 26.2. The maximum absolute atomic E-state index is 12.7. The third kappa shape index (κ3) is 46.9. The van der Waals surface area contributed by atoms with Gasteiger partial charge in [-0.3, -0.25) is 18.6 Å². The molecule has 0 fully saturated rings. The van der Waals surface area contributed by atoms with Crippen molar-refractivity contribution in [2.24, 2.45) is 0 Å². The zero-order valence-electron chi connectivity index (χ0n) is 40.3. The zero-order valence-corrected chi connectivity index (χ0v) is 41.2. The van der Waals surface area contributed by atoms with Gasteiger partial charge in [-0.2, -0.15) is 0 Å². The average molecular weight is 891 g/mol. The summed E-state index contributed by atoms with van der Waals surface area (Å²) in [5, 5.41) is 0. The topological polar surface area (TPSA) is 108 Å². The van der Waals surface area contributed by atoms with Gasteiger partial charge in [0.1, 0.15) is 19.8 Å². The molecule has 62 heavy (non-hydrogen) atoms. The number of phosphoric acid groups is 1. The first kappa shape index (κ1) is 59.5. The summed E-state index contributed by atoms with van der Waals surface area (Å²) in [6, 6.07) is 0. The number of hydrogen-bond donors (Lipinski definition) is 1. The summed E-state index contributed by atoms with van der Waals surface area (Å²) in [5.41, 5.74) is 0. The molecular formula is C52H93NO8P+. The van der Waals surface area contributed by atoms with Gasteiger partial charge in [-0.25, -0.2) is 4.57 Å². The number of carbonyl (C=O) groups excluding carboxylic acids is 2. The first-order valence-electron chi connectivity index (χ1n) is 24.7. The lowest BCUT2D eigenvalue weighted by atomic mass is 10.0. The van der Waals surface area contributed by atoms with Crippen molar-refractivity contribution in [2.75, 3.05) is 47.5 Å². The maximum atomic E-state index is 12.7. The summed E-state index contributed by atoms with van der Waals surface area (Å²) in [6.07, 6.45) is 55.3. The van der Waals surface area contributed by atoms with Gasteiger partial charge in [-0.1, -0.05) is 177 Å². The van der Waals surface area contributed by atoms with E-state index in [2.05, 4.69) is 86.8 Å². The van der Waals surface area contributed by atoms with E-state index in [-0.39, 0.29) is 26.1 Å². The molecule has 0 aromatic carbocycles. The van der Waals surface area contributed by atoms with Gasteiger partial charge in [0.2, 0.25) is 0 Å². The molecule has 0 radical (unpaired) electrons. The zero-order chi connectivity index (χ0) is 45.7. The van der Waals surface area contributed by atoms with Crippen LogP contribution in [0.3, 0.4) is 0 Å². The van der Waals surface area contributed by atoms with Crippen molar-refractivity contribution in [2.45, 2.75) is 200 Å². The molecule has 0 aliphatic rings. The predicted octanol–water partition coefficient (Wildman–Crippen LogP) is 14.6. The Bertz CT molecular complexity index is 1280. The van der Waals surface area contributed by atoms with Gasteiger partial charge in [0.25, 0.3) is 0 Å². The van der Waals surface area contributed by atoms with Gasteiger partial charge in [-0.05, 0) is 77.0 Å². The lowest BCUT2D eigenvalue weighted by molar-refractivity contribution is -0.870. The minimum Gasteiger partial charge on any atom is -0.462 e. The van der Waals surface area contributed by atoms with Crippen molar-refractivity contribution in [3.05, 3.63) is 72.9 Å². The van der Waals surface area contributed by atoms with E-state index in [0.29, 0.717) is 23.9 Å². The van der Waals surface area contributed by atoms with Gasteiger partial charge in [0.15, 0.2) is 6.10 Å². The number of allylic oxidation sites excluding steroid dienone is 12. The fourth-order valence-electron chi connectivity index (χ4n) is 6.40. The van der Waals surface area contributed by atoms with E-state index in [1.165, 1.54) is 96.3 Å². The molecule has 0 aromatic heterocycles. The van der Waals surface area contributed by atoms with Crippen molar-refractivity contribution in [1.82, 2.24) is 0 Å². The molecule has 1 unspecified atom stereocenters. The molecule has 358 valence electrons. The molecule has 0 aliphatic heterocycles. The molecule has 0 heterocycles. The quantitative estimate of drug-likeness (QED) is 0.0212. The average Bonchev–Trinajstić information content (AvgIpc) is 3.23. The fraction of sp³-hybridized carbons (Fsp3) is 0.731. The number of nitrogens with zero attached hydrogens (tertiary/aromatic N) is 1. The first-order chi connectivity index (χ1) is 30.0. The van der Waals surface area contributed by atoms with Gasteiger partial charge < -0.3 is 18.9 Å². The summed E-state index contributed by atoms with van der Waals surface area (Å²) < 4.78 is 34.3. The van der Waals surface area contributed by atoms with E-state index < -0.39 is 32.5 Å². The number of hydrogen-bond acceptors (Lipinski definition) is 7. The number of quaternary nitrogens is 1. The maximum Gasteiger partial charge on any atom is 0.472 e. The number of ether oxygens (including phenoxy) is 2. The van der Waals surface area contributed by atoms with Gasteiger partial charge in [0, 0.05) is 12.8 Å². The van der Waals surface area contributed by atoms with Crippen LogP contribution in [0.4, 0.5) is 0 Å². The molecular weight excluding hydrogens is 798 g/mol. The minimum absolute atomic E-state index is 0.0199. The van der Waals surface area contributed by atoms with Gasteiger partial charge in [-0.15, -0.1) is 0 Å². The van der Waals surface area contributed by atoms with Crippen LogP contribution in [0.25, 0.3) is 0 Å². The molecule has 0 amide bonds. The highest BCUT2D eigenvalue weighted by Gasteiger charge is 2.27. The van der Waals surface area contributed by atoms with E-state index in [9.17, 15) is 19.0 Å². The molecule has 1 N–H and O–H groups in total. The summed E-state index contributed by atoms with van der Waals surface area (Å²) in [6.45, 7) is 4.24. The van der Waals surface area contributed by atoms with E-state index in [0.717, 1.165) is 57.8 Å². The summed E-state index contributed by atoms with van der Waals surface area (Å²) in [7, 11) is 1.44. The SMILES string of the molecule is CC/C=C\C/C=C\C/C=C\C/C=C\C/C=C\CCCC(=O)OC[C@H](COP(=O)(O)OCC[N+](C)(C)C)OC(=O)CCCCCCCCCCCCC/C=C\CCCCCCCC. The number of esters is 2. The molecule has 0 aromatic rings. The summed E-state index contributed by atoms with van der Waals surface area (Å²) in [5.74, 6) is -0.869. The molecule has 2 atom stereocenters. The van der Waals surface area contributed by atoms with Crippen LogP contribution in [0.15, 0.2) is 72.9 Å². The van der Waals surface area contributed by atoms with Crippen molar-refractivity contribution in [1.29, 1.82) is 0 Å². The molecule has 0 spiro atoms.